The van der Waals surface area contributed by atoms with E-state index in [4.69, 9.17) is 0 Å². The lowest BCUT2D eigenvalue weighted by Crippen LogP contribution is -2.23. The van der Waals surface area contributed by atoms with E-state index in [-0.39, 0.29) is 17.4 Å². The van der Waals surface area contributed by atoms with Crippen molar-refractivity contribution in [1.82, 2.24) is 9.38 Å². The number of rotatable bonds is 2. The Kier molecular flexibility index (Phi) is 2.89. The fraction of sp³-hybridized carbons (Fsp3) is 0.385. The zero-order chi connectivity index (χ0) is 13.5. The highest BCUT2D eigenvalue weighted by atomic mass is 32.2. The fourth-order valence-electron chi connectivity index (χ4n) is 2.63. The third-order valence-corrected chi connectivity index (χ3v) is 5.36. The number of pyridine rings is 1. The third kappa shape index (κ3) is 2.16. The van der Waals surface area contributed by atoms with E-state index in [0.717, 1.165) is 17.6 Å². The Labute approximate surface area is 111 Å². The summed E-state index contributed by atoms with van der Waals surface area (Å²) < 4.78 is 24.8. The fourth-order valence-corrected chi connectivity index (χ4v) is 4.12. The molecule has 6 heteroatoms. The largest absolute Gasteiger partial charge is 0.296 e. The van der Waals surface area contributed by atoms with Crippen LogP contribution in [0.15, 0.2) is 24.4 Å². The molecular formula is C13H14N2O3S. The molecule has 1 aliphatic heterocycles. The van der Waals surface area contributed by atoms with Crippen LogP contribution in [0.5, 0.6) is 0 Å². The predicted molar refractivity (Wildman–Crippen MR) is 71.2 cm³/mol. The van der Waals surface area contributed by atoms with Crippen molar-refractivity contribution in [2.45, 2.75) is 18.8 Å². The van der Waals surface area contributed by atoms with E-state index in [1.807, 2.05) is 16.5 Å². The predicted octanol–water partition coefficient (Wildman–Crippen LogP) is 1.44. The van der Waals surface area contributed by atoms with Gasteiger partial charge in [0, 0.05) is 5.92 Å². The van der Waals surface area contributed by atoms with E-state index in [1.54, 1.807) is 12.3 Å². The standard InChI is InChI=1S/C13H14N2O3S/c16-9-12-3-1-2-11-8-14-13(15(11)12)10-4-6-19(17,18)7-5-10/h1-3,8-10H,4-7H2. The molecule has 1 aliphatic rings. The topological polar surface area (TPSA) is 68.5 Å². The van der Waals surface area contributed by atoms with Crippen molar-refractivity contribution in [2.75, 3.05) is 11.5 Å². The highest BCUT2D eigenvalue weighted by Crippen LogP contribution is 2.29. The van der Waals surface area contributed by atoms with Gasteiger partial charge in [-0.1, -0.05) is 6.07 Å². The number of fused-ring (bicyclic) bond motifs is 1. The number of hydrogen-bond acceptors (Lipinski definition) is 4. The van der Waals surface area contributed by atoms with Crippen LogP contribution in [0.4, 0.5) is 0 Å². The van der Waals surface area contributed by atoms with E-state index in [2.05, 4.69) is 4.98 Å². The molecule has 2 aromatic rings. The Morgan fingerprint density at radius 1 is 1.26 bits per heavy atom. The summed E-state index contributed by atoms with van der Waals surface area (Å²) in [5.74, 6) is 1.31. The van der Waals surface area contributed by atoms with E-state index < -0.39 is 9.84 Å². The van der Waals surface area contributed by atoms with Gasteiger partial charge in [-0.3, -0.25) is 9.20 Å². The van der Waals surface area contributed by atoms with Gasteiger partial charge in [0.25, 0.3) is 0 Å². The van der Waals surface area contributed by atoms with Crippen LogP contribution in [0.1, 0.15) is 35.1 Å². The molecule has 0 N–H and O–H groups in total. The van der Waals surface area contributed by atoms with E-state index >= 15 is 0 Å². The molecular weight excluding hydrogens is 264 g/mol. The lowest BCUT2D eigenvalue weighted by atomic mass is 10.0. The Morgan fingerprint density at radius 2 is 2.00 bits per heavy atom. The zero-order valence-corrected chi connectivity index (χ0v) is 11.1. The molecule has 0 unspecified atom stereocenters. The number of imidazole rings is 1. The first kappa shape index (κ1) is 12.3. The molecule has 100 valence electrons. The number of nitrogens with zero attached hydrogens (tertiary/aromatic N) is 2. The molecule has 19 heavy (non-hydrogen) atoms. The van der Waals surface area contributed by atoms with Crippen molar-refractivity contribution >= 4 is 21.6 Å². The molecule has 3 rings (SSSR count). The number of hydrogen-bond donors (Lipinski definition) is 0. The van der Waals surface area contributed by atoms with E-state index in [1.165, 1.54) is 0 Å². The van der Waals surface area contributed by atoms with E-state index in [9.17, 15) is 13.2 Å². The van der Waals surface area contributed by atoms with Crippen molar-refractivity contribution in [3.05, 3.63) is 35.9 Å². The quantitative estimate of drug-likeness (QED) is 0.779. The molecule has 0 aliphatic carbocycles. The first-order valence-corrected chi connectivity index (χ1v) is 8.05. The molecule has 3 heterocycles. The Hall–Kier alpha value is -1.69. The molecule has 1 saturated heterocycles. The van der Waals surface area contributed by atoms with Gasteiger partial charge in [0.2, 0.25) is 0 Å². The molecule has 5 nitrogen and oxygen atoms in total. The van der Waals surface area contributed by atoms with Crippen LogP contribution in [-0.4, -0.2) is 35.6 Å². The van der Waals surface area contributed by atoms with Gasteiger partial charge >= 0.3 is 0 Å². The monoisotopic (exact) mass is 278 g/mol. The number of carbonyl (C=O) groups is 1. The van der Waals surface area contributed by atoms with Crippen LogP contribution < -0.4 is 0 Å². The van der Waals surface area contributed by atoms with Crippen molar-refractivity contribution < 1.29 is 13.2 Å². The van der Waals surface area contributed by atoms with Crippen molar-refractivity contribution in [3.63, 3.8) is 0 Å². The van der Waals surface area contributed by atoms with Crippen LogP contribution in [0.25, 0.3) is 5.52 Å². The average molecular weight is 278 g/mol. The van der Waals surface area contributed by atoms with Crippen LogP contribution >= 0.6 is 0 Å². The maximum atomic E-state index is 11.5. The van der Waals surface area contributed by atoms with Gasteiger partial charge in [-0.2, -0.15) is 0 Å². The summed E-state index contributed by atoms with van der Waals surface area (Å²) >= 11 is 0. The Bertz CT molecular complexity index is 719. The molecule has 0 spiro atoms. The van der Waals surface area contributed by atoms with Gasteiger partial charge in [-0.15, -0.1) is 0 Å². The van der Waals surface area contributed by atoms with Crippen LogP contribution in [0, 0.1) is 0 Å². The minimum absolute atomic E-state index is 0.104. The maximum Gasteiger partial charge on any atom is 0.166 e. The molecule has 0 atom stereocenters. The summed E-state index contributed by atoms with van der Waals surface area (Å²) in [5, 5.41) is 0. The second-order valence-corrected chi connectivity index (χ2v) is 7.17. The average Bonchev–Trinajstić information content (AvgIpc) is 2.82. The minimum Gasteiger partial charge on any atom is -0.296 e. The van der Waals surface area contributed by atoms with E-state index in [0.29, 0.717) is 18.5 Å². The van der Waals surface area contributed by atoms with Gasteiger partial charge < -0.3 is 0 Å². The number of aromatic nitrogens is 2. The number of aldehydes is 1. The second kappa shape index (κ2) is 4.45. The van der Waals surface area contributed by atoms with Crippen molar-refractivity contribution in [3.8, 4) is 0 Å². The lowest BCUT2D eigenvalue weighted by Gasteiger charge is -2.21. The lowest BCUT2D eigenvalue weighted by molar-refractivity contribution is 0.111. The molecule has 0 aromatic carbocycles. The smallest absolute Gasteiger partial charge is 0.166 e. The SMILES string of the molecule is O=Cc1cccc2cnc(C3CCS(=O)(=O)CC3)n12. The molecule has 0 radical (unpaired) electrons. The van der Waals surface area contributed by atoms with Gasteiger partial charge in [-0.05, 0) is 25.0 Å². The summed E-state index contributed by atoms with van der Waals surface area (Å²) in [6.07, 6.45) is 3.69. The van der Waals surface area contributed by atoms with Crippen molar-refractivity contribution in [2.24, 2.45) is 0 Å². The normalized spacial score (nSPS) is 19.6. The molecule has 0 amide bonds. The molecule has 0 saturated carbocycles. The second-order valence-electron chi connectivity index (χ2n) is 4.87. The number of carbonyl (C=O) groups excluding carboxylic acids is 1. The summed E-state index contributed by atoms with van der Waals surface area (Å²) in [7, 11) is -2.88. The summed E-state index contributed by atoms with van der Waals surface area (Å²) in [5.41, 5.74) is 1.42. The minimum atomic E-state index is -2.88. The first-order chi connectivity index (χ1) is 9.11. The Balaban J connectivity index is 2.04. The first-order valence-electron chi connectivity index (χ1n) is 6.23. The van der Waals surface area contributed by atoms with Crippen molar-refractivity contribution in [1.29, 1.82) is 0 Å². The van der Waals surface area contributed by atoms with Gasteiger partial charge in [-0.25, -0.2) is 13.4 Å². The summed E-state index contributed by atoms with van der Waals surface area (Å²) in [4.78, 5) is 15.5. The van der Waals surface area contributed by atoms with Gasteiger partial charge in [0.15, 0.2) is 6.29 Å². The van der Waals surface area contributed by atoms with Gasteiger partial charge in [0.1, 0.15) is 15.7 Å². The molecule has 1 fully saturated rings. The third-order valence-electron chi connectivity index (χ3n) is 3.65. The summed E-state index contributed by atoms with van der Waals surface area (Å²) in [6.45, 7) is 0. The van der Waals surface area contributed by atoms with Gasteiger partial charge in [0.05, 0.1) is 28.9 Å². The van der Waals surface area contributed by atoms with Crippen LogP contribution in [-0.2, 0) is 9.84 Å². The zero-order valence-electron chi connectivity index (χ0n) is 10.3. The highest BCUT2D eigenvalue weighted by molar-refractivity contribution is 7.91. The van der Waals surface area contributed by atoms with Crippen LogP contribution in [0.3, 0.4) is 0 Å². The Morgan fingerprint density at radius 3 is 2.68 bits per heavy atom. The van der Waals surface area contributed by atoms with Crippen LogP contribution in [0.2, 0.25) is 0 Å². The highest BCUT2D eigenvalue weighted by Gasteiger charge is 2.27. The molecule has 0 bridgehead atoms. The maximum absolute atomic E-state index is 11.5. The number of sulfone groups is 1. The summed E-state index contributed by atoms with van der Waals surface area (Å²) in [6, 6.07) is 5.45. The molecule has 2 aromatic heterocycles.